The van der Waals surface area contributed by atoms with Crippen LogP contribution in [0.25, 0.3) is 0 Å². The normalized spacial score (nSPS) is 10.9. The molecule has 9 nitrogen and oxygen atoms in total. The van der Waals surface area contributed by atoms with Gasteiger partial charge in [0.05, 0.1) is 24.7 Å². The molecule has 3 N–H and O–H groups in total. The number of ether oxygens (including phenoxy) is 2. The molecule has 0 aromatic heterocycles. The van der Waals surface area contributed by atoms with E-state index in [-0.39, 0.29) is 29.2 Å². The van der Waals surface area contributed by atoms with Crippen molar-refractivity contribution in [3.05, 3.63) is 53.8 Å². The van der Waals surface area contributed by atoms with Crippen molar-refractivity contribution in [2.45, 2.75) is 11.3 Å². The largest absolute Gasteiger partial charge is 0.493 e. The number of carbonyl (C=O) groups is 2. The van der Waals surface area contributed by atoms with Crippen LogP contribution in [-0.4, -0.2) is 41.0 Å². The first-order valence-electron chi connectivity index (χ1n) is 8.34. The van der Waals surface area contributed by atoms with E-state index in [9.17, 15) is 22.4 Å². The number of nitrogens with one attached hydrogen (secondary N) is 3. The molecule has 0 unspecified atom stereocenters. The van der Waals surface area contributed by atoms with Crippen LogP contribution in [0.5, 0.6) is 11.5 Å². The van der Waals surface area contributed by atoms with Crippen LogP contribution in [0.4, 0.5) is 4.39 Å². The monoisotopic (exact) mass is 425 g/mol. The van der Waals surface area contributed by atoms with Crippen LogP contribution in [-0.2, 0) is 14.8 Å². The van der Waals surface area contributed by atoms with Crippen LogP contribution in [0.3, 0.4) is 0 Å². The van der Waals surface area contributed by atoms with Crippen molar-refractivity contribution in [2.24, 2.45) is 0 Å². The Hall–Kier alpha value is -3.18. The molecule has 2 aromatic rings. The quantitative estimate of drug-likeness (QED) is 0.542. The van der Waals surface area contributed by atoms with Gasteiger partial charge in [-0.05, 0) is 24.3 Å². The van der Waals surface area contributed by atoms with Crippen LogP contribution in [0.1, 0.15) is 16.8 Å². The minimum atomic E-state index is -3.90. The maximum absolute atomic E-state index is 13.5. The van der Waals surface area contributed by atoms with Crippen molar-refractivity contribution in [1.29, 1.82) is 0 Å². The Morgan fingerprint density at radius 1 is 1.00 bits per heavy atom. The molecular formula is C18H20FN3O6S. The molecule has 0 fully saturated rings. The number of hydrazine groups is 1. The fourth-order valence-corrected chi connectivity index (χ4v) is 3.31. The Morgan fingerprint density at radius 3 is 2.34 bits per heavy atom. The van der Waals surface area contributed by atoms with E-state index in [1.165, 1.54) is 50.6 Å². The second-order valence-electron chi connectivity index (χ2n) is 5.65. The van der Waals surface area contributed by atoms with E-state index in [0.29, 0.717) is 5.75 Å². The summed E-state index contributed by atoms with van der Waals surface area (Å²) in [5, 5.41) is 0. The number of benzene rings is 2. The van der Waals surface area contributed by atoms with Gasteiger partial charge in [-0.15, -0.1) is 0 Å². The highest BCUT2D eigenvalue weighted by Gasteiger charge is 2.17. The van der Waals surface area contributed by atoms with Crippen molar-refractivity contribution >= 4 is 21.8 Å². The highest BCUT2D eigenvalue weighted by Crippen LogP contribution is 2.29. The maximum Gasteiger partial charge on any atom is 0.272 e. The lowest BCUT2D eigenvalue weighted by atomic mass is 10.2. The van der Waals surface area contributed by atoms with Crippen molar-refractivity contribution in [1.82, 2.24) is 15.6 Å². The third-order valence-electron chi connectivity index (χ3n) is 3.74. The number of methoxy groups -OCH3 is 2. The van der Waals surface area contributed by atoms with Gasteiger partial charge in [-0.2, -0.15) is 0 Å². The fourth-order valence-electron chi connectivity index (χ4n) is 2.27. The number of hydrogen-bond acceptors (Lipinski definition) is 6. The van der Waals surface area contributed by atoms with E-state index in [2.05, 4.69) is 15.6 Å². The van der Waals surface area contributed by atoms with E-state index in [0.717, 1.165) is 6.07 Å². The average Bonchev–Trinajstić information content (AvgIpc) is 2.71. The highest BCUT2D eigenvalue weighted by atomic mass is 32.2. The predicted octanol–water partition coefficient (Wildman–Crippen LogP) is 0.973. The summed E-state index contributed by atoms with van der Waals surface area (Å²) in [6.07, 6.45) is -0.260. The summed E-state index contributed by atoms with van der Waals surface area (Å²) in [5.41, 5.74) is 3.92. The second-order valence-corrected chi connectivity index (χ2v) is 7.41. The van der Waals surface area contributed by atoms with Gasteiger partial charge in [0, 0.05) is 19.0 Å². The van der Waals surface area contributed by atoms with Crippen molar-refractivity contribution in [3.63, 3.8) is 0 Å². The van der Waals surface area contributed by atoms with Gasteiger partial charge >= 0.3 is 0 Å². The summed E-state index contributed by atoms with van der Waals surface area (Å²) in [6.45, 7) is -0.224. The highest BCUT2D eigenvalue weighted by molar-refractivity contribution is 7.89. The Bertz CT molecular complexity index is 997. The molecule has 0 saturated heterocycles. The van der Waals surface area contributed by atoms with Gasteiger partial charge in [0.1, 0.15) is 5.82 Å². The number of rotatable bonds is 8. The molecule has 2 rings (SSSR count). The molecule has 11 heteroatoms. The molecule has 0 spiro atoms. The molecule has 0 saturated carbocycles. The molecule has 0 radical (unpaired) electrons. The first kappa shape index (κ1) is 22.1. The molecule has 0 heterocycles. The van der Waals surface area contributed by atoms with Crippen LogP contribution in [0, 0.1) is 5.82 Å². The summed E-state index contributed by atoms with van der Waals surface area (Å²) in [5.74, 6) is -1.62. The van der Waals surface area contributed by atoms with E-state index < -0.39 is 27.7 Å². The van der Waals surface area contributed by atoms with Gasteiger partial charge in [-0.25, -0.2) is 17.5 Å². The summed E-state index contributed by atoms with van der Waals surface area (Å²) < 4.78 is 50.5. The van der Waals surface area contributed by atoms with Crippen LogP contribution in [0.15, 0.2) is 47.4 Å². The average molecular weight is 425 g/mol. The predicted molar refractivity (Wildman–Crippen MR) is 101 cm³/mol. The third-order valence-corrected chi connectivity index (χ3v) is 5.20. The molecule has 0 aliphatic rings. The van der Waals surface area contributed by atoms with Gasteiger partial charge < -0.3 is 9.47 Å². The molecule has 2 amide bonds. The number of halogens is 1. The Morgan fingerprint density at radius 2 is 1.69 bits per heavy atom. The standard InChI is InChI=1S/C18H20FN3O6S/c1-27-15-8-7-12(11-16(15)28-2)29(25,26)20-10-9-17(23)21-22-18(24)13-5-3-4-6-14(13)19/h3-8,11,20H,9-10H2,1-2H3,(H,21,23)(H,22,24). The number of hydrogen-bond donors (Lipinski definition) is 3. The topological polar surface area (TPSA) is 123 Å². The zero-order chi connectivity index (χ0) is 21.4. The van der Waals surface area contributed by atoms with Gasteiger partial charge in [0.2, 0.25) is 15.9 Å². The maximum atomic E-state index is 13.5. The molecule has 156 valence electrons. The molecule has 0 aliphatic heterocycles. The Labute approximate surface area is 167 Å². The summed E-state index contributed by atoms with van der Waals surface area (Å²) in [6, 6.07) is 9.33. The van der Waals surface area contributed by atoms with Gasteiger partial charge in [-0.1, -0.05) is 12.1 Å². The number of sulfonamides is 1. The minimum absolute atomic E-state index is 0.0663. The smallest absolute Gasteiger partial charge is 0.272 e. The summed E-state index contributed by atoms with van der Waals surface area (Å²) in [7, 11) is -1.09. The van der Waals surface area contributed by atoms with Crippen molar-refractivity contribution < 1.29 is 31.9 Å². The lowest BCUT2D eigenvalue weighted by Gasteiger charge is -2.11. The van der Waals surface area contributed by atoms with Crippen molar-refractivity contribution in [2.75, 3.05) is 20.8 Å². The molecule has 29 heavy (non-hydrogen) atoms. The third kappa shape index (κ3) is 5.90. The summed E-state index contributed by atoms with van der Waals surface area (Å²) >= 11 is 0. The first-order valence-corrected chi connectivity index (χ1v) is 9.82. The van der Waals surface area contributed by atoms with Gasteiger partial charge in [0.25, 0.3) is 5.91 Å². The second kappa shape index (κ2) is 9.85. The Balaban J connectivity index is 1.86. The van der Waals surface area contributed by atoms with Crippen LogP contribution < -0.4 is 25.0 Å². The van der Waals surface area contributed by atoms with Gasteiger partial charge in [0.15, 0.2) is 11.5 Å². The van der Waals surface area contributed by atoms with Crippen molar-refractivity contribution in [3.8, 4) is 11.5 Å². The molecule has 0 bridgehead atoms. The zero-order valence-corrected chi connectivity index (χ0v) is 16.5. The number of amides is 2. The van der Waals surface area contributed by atoms with Gasteiger partial charge in [-0.3, -0.25) is 20.4 Å². The van der Waals surface area contributed by atoms with E-state index >= 15 is 0 Å². The molecule has 0 atom stereocenters. The van der Waals surface area contributed by atoms with E-state index in [1.807, 2.05) is 0 Å². The van der Waals surface area contributed by atoms with E-state index in [1.54, 1.807) is 0 Å². The SMILES string of the molecule is COc1ccc(S(=O)(=O)NCCC(=O)NNC(=O)c2ccccc2F)cc1OC. The lowest BCUT2D eigenvalue weighted by Crippen LogP contribution is -2.43. The zero-order valence-electron chi connectivity index (χ0n) is 15.7. The molecule has 0 aliphatic carbocycles. The molecule has 2 aromatic carbocycles. The van der Waals surface area contributed by atoms with Crippen LogP contribution in [0.2, 0.25) is 0 Å². The lowest BCUT2D eigenvalue weighted by molar-refractivity contribution is -0.121. The fraction of sp³-hybridized carbons (Fsp3) is 0.222. The number of carbonyl (C=O) groups excluding carboxylic acids is 2. The van der Waals surface area contributed by atoms with E-state index in [4.69, 9.17) is 9.47 Å². The summed E-state index contributed by atoms with van der Waals surface area (Å²) in [4.78, 5) is 23.5. The molecular weight excluding hydrogens is 405 g/mol. The Kier molecular flexibility index (Phi) is 7.51. The first-order chi connectivity index (χ1) is 13.8. The van der Waals surface area contributed by atoms with Crippen LogP contribution >= 0.6 is 0 Å². The minimum Gasteiger partial charge on any atom is -0.493 e.